The summed E-state index contributed by atoms with van der Waals surface area (Å²) in [6.45, 7) is 2.70. The summed E-state index contributed by atoms with van der Waals surface area (Å²) < 4.78 is 0. The predicted octanol–water partition coefficient (Wildman–Crippen LogP) is 3.39. The highest BCUT2D eigenvalue weighted by molar-refractivity contribution is 5.79. The van der Waals surface area contributed by atoms with E-state index < -0.39 is 4.92 Å². The van der Waals surface area contributed by atoms with Gasteiger partial charge in [-0.2, -0.15) is 0 Å². The first-order valence-electron chi connectivity index (χ1n) is 6.56. The number of non-ortho nitro benzene ring substituents is 1. The van der Waals surface area contributed by atoms with Gasteiger partial charge in [-0.1, -0.05) is 24.3 Å². The van der Waals surface area contributed by atoms with Gasteiger partial charge in [0.15, 0.2) is 0 Å². The zero-order chi connectivity index (χ0) is 14.8. The molecule has 0 spiro atoms. The monoisotopic (exact) mass is 282 g/mol. The average molecular weight is 282 g/mol. The Hall–Kier alpha value is -2.89. The number of nitro benzene ring substituents is 1. The highest BCUT2D eigenvalue weighted by Gasteiger charge is 2.09. The van der Waals surface area contributed by atoms with Crippen molar-refractivity contribution in [3.8, 4) is 0 Å². The first kappa shape index (κ1) is 13.1. The van der Waals surface area contributed by atoms with Crippen molar-refractivity contribution in [3.05, 3.63) is 63.7 Å². The molecule has 0 fully saturated rings. The predicted molar refractivity (Wildman–Crippen MR) is 81.3 cm³/mol. The van der Waals surface area contributed by atoms with Crippen LogP contribution in [-0.4, -0.2) is 14.9 Å². The molecule has 2 aromatic carbocycles. The van der Waals surface area contributed by atoms with Gasteiger partial charge in [-0.05, 0) is 24.1 Å². The van der Waals surface area contributed by atoms with Crippen molar-refractivity contribution in [2.75, 3.05) is 5.32 Å². The number of benzene rings is 2. The molecule has 21 heavy (non-hydrogen) atoms. The van der Waals surface area contributed by atoms with Crippen LogP contribution in [0, 0.1) is 17.0 Å². The lowest BCUT2D eigenvalue weighted by Crippen LogP contribution is -2.02. The molecule has 0 saturated heterocycles. The van der Waals surface area contributed by atoms with E-state index in [1.165, 1.54) is 23.3 Å². The summed E-state index contributed by atoms with van der Waals surface area (Å²) in [5, 5.41) is 14.0. The number of nitrogens with zero attached hydrogens (tertiary/aromatic N) is 2. The van der Waals surface area contributed by atoms with Gasteiger partial charge in [-0.3, -0.25) is 10.1 Å². The molecule has 0 radical (unpaired) electrons. The maximum absolute atomic E-state index is 10.8. The normalized spacial score (nSPS) is 10.7. The SMILES string of the molecule is Cc1ccccc1CNc1nc2ccc([N+](=O)[O-])cc2[nH]1. The van der Waals surface area contributed by atoms with Crippen LogP contribution in [0.2, 0.25) is 0 Å². The van der Waals surface area contributed by atoms with E-state index in [1.54, 1.807) is 6.07 Å². The molecule has 0 aliphatic rings. The van der Waals surface area contributed by atoms with Crippen LogP contribution >= 0.6 is 0 Å². The van der Waals surface area contributed by atoms with E-state index in [1.807, 2.05) is 12.1 Å². The summed E-state index contributed by atoms with van der Waals surface area (Å²) in [5.74, 6) is 0.605. The molecule has 3 aromatic rings. The Morgan fingerprint density at radius 2 is 2.10 bits per heavy atom. The topological polar surface area (TPSA) is 83.8 Å². The van der Waals surface area contributed by atoms with E-state index in [9.17, 15) is 10.1 Å². The number of nitrogens with one attached hydrogen (secondary N) is 2. The lowest BCUT2D eigenvalue weighted by Gasteiger charge is -2.05. The fourth-order valence-corrected chi connectivity index (χ4v) is 2.18. The smallest absolute Gasteiger partial charge is 0.271 e. The molecule has 0 aliphatic heterocycles. The quantitative estimate of drug-likeness (QED) is 0.567. The summed E-state index contributed by atoms with van der Waals surface area (Å²) in [6.07, 6.45) is 0. The molecule has 2 N–H and O–H groups in total. The van der Waals surface area contributed by atoms with Crippen molar-refractivity contribution in [3.63, 3.8) is 0 Å². The van der Waals surface area contributed by atoms with Gasteiger partial charge in [0, 0.05) is 18.7 Å². The second kappa shape index (κ2) is 5.24. The lowest BCUT2D eigenvalue weighted by molar-refractivity contribution is -0.384. The van der Waals surface area contributed by atoms with Gasteiger partial charge >= 0.3 is 0 Å². The summed E-state index contributed by atoms with van der Waals surface area (Å²) in [5.41, 5.74) is 3.79. The molecule has 0 amide bonds. The molecule has 0 atom stereocenters. The van der Waals surface area contributed by atoms with E-state index in [-0.39, 0.29) is 5.69 Å². The van der Waals surface area contributed by atoms with Crippen molar-refractivity contribution in [1.82, 2.24) is 9.97 Å². The summed E-state index contributed by atoms with van der Waals surface area (Å²) in [4.78, 5) is 17.8. The van der Waals surface area contributed by atoms with Crippen LogP contribution in [0.5, 0.6) is 0 Å². The number of anilines is 1. The summed E-state index contributed by atoms with van der Waals surface area (Å²) in [7, 11) is 0. The van der Waals surface area contributed by atoms with Crippen LogP contribution in [0.15, 0.2) is 42.5 Å². The van der Waals surface area contributed by atoms with Crippen LogP contribution in [-0.2, 0) is 6.54 Å². The fourth-order valence-electron chi connectivity index (χ4n) is 2.18. The molecule has 6 nitrogen and oxygen atoms in total. The number of fused-ring (bicyclic) bond motifs is 1. The van der Waals surface area contributed by atoms with Crippen molar-refractivity contribution in [2.24, 2.45) is 0 Å². The van der Waals surface area contributed by atoms with E-state index in [0.29, 0.717) is 23.5 Å². The van der Waals surface area contributed by atoms with Gasteiger partial charge < -0.3 is 10.3 Å². The molecule has 0 unspecified atom stereocenters. The summed E-state index contributed by atoms with van der Waals surface area (Å²) in [6, 6.07) is 12.7. The molecule has 0 saturated carbocycles. The molecule has 0 bridgehead atoms. The van der Waals surface area contributed by atoms with Crippen molar-refractivity contribution in [2.45, 2.75) is 13.5 Å². The lowest BCUT2D eigenvalue weighted by atomic mass is 10.1. The van der Waals surface area contributed by atoms with Gasteiger partial charge in [-0.15, -0.1) is 0 Å². The Morgan fingerprint density at radius 3 is 2.86 bits per heavy atom. The number of aromatic amines is 1. The van der Waals surface area contributed by atoms with E-state index in [4.69, 9.17) is 0 Å². The molecule has 106 valence electrons. The van der Waals surface area contributed by atoms with Gasteiger partial charge in [0.05, 0.1) is 16.0 Å². The third-order valence-electron chi connectivity index (χ3n) is 3.38. The Balaban J connectivity index is 1.82. The zero-order valence-corrected chi connectivity index (χ0v) is 11.5. The maximum atomic E-state index is 10.8. The first-order chi connectivity index (χ1) is 10.1. The Bertz CT molecular complexity index is 810. The van der Waals surface area contributed by atoms with Gasteiger partial charge in [-0.25, -0.2) is 4.98 Å². The standard InChI is InChI=1S/C15H14N4O2/c1-10-4-2-3-5-11(10)9-16-15-17-13-7-6-12(19(20)21)8-14(13)18-15/h2-8H,9H2,1H3,(H2,16,17,18). The number of imidazole rings is 1. The largest absolute Gasteiger partial charge is 0.352 e. The van der Waals surface area contributed by atoms with Crippen molar-refractivity contribution < 1.29 is 4.92 Å². The third kappa shape index (κ3) is 2.69. The second-order valence-corrected chi connectivity index (χ2v) is 4.82. The number of hydrogen-bond acceptors (Lipinski definition) is 4. The highest BCUT2D eigenvalue weighted by atomic mass is 16.6. The first-order valence-corrected chi connectivity index (χ1v) is 6.56. The molecule has 6 heteroatoms. The third-order valence-corrected chi connectivity index (χ3v) is 3.38. The molecule has 3 rings (SSSR count). The minimum Gasteiger partial charge on any atom is -0.352 e. The van der Waals surface area contributed by atoms with Crippen LogP contribution in [0.25, 0.3) is 11.0 Å². The van der Waals surface area contributed by atoms with Crippen molar-refractivity contribution >= 4 is 22.7 Å². The van der Waals surface area contributed by atoms with Crippen LogP contribution in [0.4, 0.5) is 11.6 Å². The minimum absolute atomic E-state index is 0.0524. The number of aromatic nitrogens is 2. The van der Waals surface area contributed by atoms with Gasteiger partial charge in [0.2, 0.25) is 5.95 Å². The highest BCUT2D eigenvalue weighted by Crippen LogP contribution is 2.20. The Kier molecular flexibility index (Phi) is 3.27. The van der Waals surface area contributed by atoms with Crippen LogP contribution in [0.1, 0.15) is 11.1 Å². The number of H-pyrrole nitrogens is 1. The van der Waals surface area contributed by atoms with E-state index in [2.05, 4.69) is 34.3 Å². The average Bonchev–Trinajstić information content (AvgIpc) is 2.88. The van der Waals surface area contributed by atoms with Gasteiger partial charge in [0.25, 0.3) is 5.69 Å². The fraction of sp³-hybridized carbons (Fsp3) is 0.133. The Labute approximate surface area is 121 Å². The number of hydrogen-bond donors (Lipinski definition) is 2. The molecule has 1 aromatic heterocycles. The molecule has 0 aliphatic carbocycles. The van der Waals surface area contributed by atoms with E-state index >= 15 is 0 Å². The maximum Gasteiger partial charge on any atom is 0.271 e. The minimum atomic E-state index is -0.416. The van der Waals surface area contributed by atoms with Gasteiger partial charge in [0.1, 0.15) is 0 Å². The Morgan fingerprint density at radius 1 is 1.29 bits per heavy atom. The summed E-state index contributed by atoms with van der Waals surface area (Å²) >= 11 is 0. The molecular weight excluding hydrogens is 268 g/mol. The number of rotatable bonds is 4. The van der Waals surface area contributed by atoms with Crippen LogP contribution in [0.3, 0.4) is 0 Å². The zero-order valence-electron chi connectivity index (χ0n) is 11.5. The van der Waals surface area contributed by atoms with E-state index in [0.717, 1.165) is 0 Å². The molecular formula is C15H14N4O2. The second-order valence-electron chi connectivity index (χ2n) is 4.82. The number of aryl methyl sites for hydroxylation is 1. The molecule has 1 heterocycles. The van der Waals surface area contributed by atoms with Crippen molar-refractivity contribution in [1.29, 1.82) is 0 Å². The van der Waals surface area contributed by atoms with Crippen LogP contribution < -0.4 is 5.32 Å². The number of nitro groups is 1.